The van der Waals surface area contributed by atoms with E-state index < -0.39 is 0 Å². The van der Waals surface area contributed by atoms with Gasteiger partial charge in [-0.2, -0.15) is 0 Å². The zero-order valence-electron chi connectivity index (χ0n) is 11.7. The zero-order chi connectivity index (χ0) is 13.7. The number of hydrogen-bond donors (Lipinski definition) is 2. The first-order valence-corrected chi connectivity index (χ1v) is 6.92. The topological polar surface area (TPSA) is 50.7 Å². The first-order chi connectivity index (χ1) is 9.20. The van der Waals surface area contributed by atoms with Gasteiger partial charge in [-0.25, -0.2) is 0 Å². The molecule has 1 saturated heterocycles. The van der Waals surface area contributed by atoms with Crippen LogP contribution in [0.4, 0.5) is 0 Å². The summed E-state index contributed by atoms with van der Waals surface area (Å²) in [6, 6.07) is 5.85. The largest absolute Gasteiger partial charge is 0.493 e. The molecule has 1 aliphatic heterocycles. The number of ether oxygens (including phenoxy) is 2. The molecule has 0 amide bonds. The highest BCUT2D eigenvalue weighted by Gasteiger charge is 2.18. The number of benzene rings is 1. The molecule has 106 valence electrons. The lowest BCUT2D eigenvalue weighted by atomic mass is 10.1. The third-order valence-electron chi connectivity index (χ3n) is 3.33. The van der Waals surface area contributed by atoms with Crippen molar-refractivity contribution in [3.8, 4) is 11.5 Å². The minimum atomic E-state index is -0.388. The Morgan fingerprint density at radius 3 is 2.95 bits per heavy atom. The predicted octanol–water partition coefficient (Wildman–Crippen LogP) is 1.75. The predicted molar refractivity (Wildman–Crippen MR) is 74.9 cm³/mol. The number of nitrogens with one attached hydrogen (secondary N) is 1. The molecule has 0 spiro atoms. The third kappa shape index (κ3) is 3.85. The molecule has 2 N–H and O–H groups in total. The van der Waals surface area contributed by atoms with Crippen LogP contribution >= 0.6 is 0 Å². The number of rotatable bonds is 5. The van der Waals surface area contributed by atoms with Crippen molar-refractivity contribution in [1.82, 2.24) is 5.32 Å². The maximum absolute atomic E-state index is 9.53. The van der Waals surface area contributed by atoms with Crippen molar-refractivity contribution in [1.29, 1.82) is 0 Å². The van der Waals surface area contributed by atoms with Crippen LogP contribution in [0.1, 0.15) is 25.3 Å². The van der Waals surface area contributed by atoms with Crippen molar-refractivity contribution in [2.45, 2.75) is 38.4 Å². The summed E-state index contributed by atoms with van der Waals surface area (Å²) in [5, 5.41) is 12.9. The monoisotopic (exact) mass is 265 g/mol. The molecule has 1 aromatic rings. The minimum Gasteiger partial charge on any atom is -0.493 e. The van der Waals surface area contributed by atoms with Gasteiger partial charge in [-0.05, 0) is 32.4 Å². The second-order valence-corrected chi connectivity index (χ2v) is 5.09. The van der Waals surface area contributed by atoms with Gasteiger partial charge in [0.25, 0.3) is 0 Å². The Balaban J connectivity index is 2.14. The van der Waals surface area contributed by atoms with E-state index in [4.69, 9.17) is 9.47 Å². The molecule has 1 aliphatic rings. The fraction of sp³-hybridized carbons (Fsp3) is 0.600. The minimum absolute atomic E-state index is 0.199. The summed E-state index contributed by atoms with van der Waals surface area (Å²) in [6.07, 6.45) is 2.59. The van der Waals surface area contributed by atoms with E-state index in [1.807, 2.05) is 18.2 Å². The van der Waals surface area contributed by atoms with Gasteiger partial charge in [-0.1, -0.05) is 12.1 Å². The molecule has 0 bridgehead atoms. The van der Waals surface area contributed by atoms with E-state index in [1.165, 1.54) is 0 Å². The molecule has 1 heterocycles. The van der Waals surface area contributed by atoms with Crippen LogP contribution in [0.2, 0.25) is 0 Å². The van der Waals surface area contributed by atoms with E-state index >= 15 is 0 Å². The van der Waals surface area contributed by atoms with Crippen molar-refractivity contribution < 1.29 is 14.6 Å². The third-order valence-corrected chi connectivity index (χ3v) is 3.33. The lowest BCUT2D eigenvalue weighted by molar-refractivity contribution is 0.160. The van der Waals surface area contributed by atoms with Gasteiger partial charge in [0, 0.05) is 18.5 Å². The van der Waals surface area contributed by atoms with Crippen molar-refractivity contribution >= 4 is 0 Å². The molecule has 0 aliphatic carbocycles. The van der Waals surface area contributed by atoms with Crippen molar-refractivity contribution in [3.05, 3.63) is 23.8 Å². The normalized spacial score (nSPS) is 20.9. The zero-order valence-corrected chi connectivity index (χ0v) is 11.7. The van der Waals surface area contributed by atoms with Gasteiger partial charge in [-0.3, -0.25) is 0 Å². The molecule has 2 atom stereocenters. The van der Waals surface area contributed by atoms with Gasteiger partial charge in [0.1, 0.15) is 6.10 Å². The Morgan fingerprint density at radius 1 is 1.47 bits per heavy atom. The van der Waals surface area contributed by atoms with Crippen LogP contribution in [0.3, 0.4) is 0 Å². The summed E-state index contributed by atoms with van der Waals surface area (Å²) in [6.45, 7) is 3.72. The van der Waals surface area contributed by atoms with Crippen LogP contribution in [0, 0.1) is 0 Å². The van der Waals surface area contributed by atoms with Crippen LogP contribution in [0.5, 0.6) is 11.5 Å². The first-order valence-electron chi connectivity index (χ1n) is 6.92. The Bertz CT molecular complexity index is 400. The average Bonchev–Trinajstić information content (AvgIpc) is 2.39. The molecule has 0 saturated carbocycles. The van der Waals surface area contributed by atoms with Gasteiger partial charge in [0.05, 0.1) is 13.2 Å². The van der Waals surface area contributed by atoms with Crippen LogP contribution in [-0.4, -0.2) is 37.5 Å². The second kappa shape index (κ2) is 6.78. The van der Waals surface area contributed by atoms with E-state index in [-0.39, 0.29) is 12.2 Å². The molecule has 0 aromatic heterocycles. The molecule has 19 heavy (non-hydrogen) atoms. The van der Waals surface area contributed by atoms with Gasteiger partial charge >= 0.3 is 0 Å². The molecular formula is C15H23NO3. The molecule has 2 unspecified atom stereocenters. The molecule has 4 heteroatoms. The van der Waals surface area contributed by atoms with E-state index in [2.05, 4.69) is 5.32 Å². The summed E-state index contributed by atoms with van der Waals surface area (Å²) in [7, 11) is 1.65. The maximum Gasteiger partial charge on any atom is 0.164 e. The smallest absolute Gasteiger partial charge is 0.164 e. The fourth-order valence-corrected chi connectivity index (χ4v) is 2.46. The van der Waals surface area contributed by atoms with Crippen LogP contribution < -0.4 is 14.8 Å². The van der Waals surface area contributed by atoms with E-state index in [9.17, 15) is 5.11 Å². The van der Waals surface area contributed by atoms with Crippen LogP contribution in [0.15, 0.2) is 18.2 Å². The molecule has 0 radical (unpaired) electrons. The number of aliphatic hydroxyl groups is 1. The molecule has 4 nitrogen and oxygen atoms in total. The number of piperidine rings is 1. The first kappa shape index (κ1) is 14.2. The fourth-order valence-electron chi connectivity index (χ4n) is 2.46. The van der Waals surface area contributed by atoms with E-state index in [1.54, 1.807) is 14.0 Å². The van der Waals surface area contributed by atoms with Crippen molar-refractivity contribution in [3.63, 3.8) is 0 Å². The number of methoxy groups -OCH3 is 1. The number of para-hydroxylation sites is 1. The summed E-state index contributed by atoms with van der Waals surface area (Å²) in [4.78, 5) is 0. The number of aliphatic hydroxyl groups excluding tert-OH is 1. The molecule has 1 aromatic carbocycles. The highest BCUT2D eigenvalue weighted by atomic mass is 16.5. The number of hydrogen-bond acceptors (Lipinski definition) is 4. The quantitative estimate of drug-likeness (QED) is 0.851. The van der Waals surface area contributed by atoms with E-state index in [0.29, 0.717) is 6.42 Å². The summed E-state index contributed by atoms with van der Waals surface area (Å²) in [5.74, 6) is 1.52. The highest BCUT2D eigenvalue weighted by Crippen LogP contribution is 2.33. The standard InChI is InChI=1S/C15H23NO3/c1-11(17)9-12-5-3-7-14(15(12)18-2)19-13-6-4-8-16-10-13/h3,5,7,11,13,16-17H,4,6,8-10H2,1-2H3. The Kier molecular flexibility index (Phi) is 5.05. The summed E-state index contributed by atoms with van der Waals surface area (Å²) < 4.78 is 11.5. The second-order valence-electron chi connectivity index (χ2n) is 5.09. The van der Waals surface area contributed by atoms with Gasteiger partial charge < -0.3 is 19.9 Å². The van der Waals surface area contributed by atoms with Crippen molar-refractivity contribution in [2.24, 2.45) is 0 Å². The Morgan fingerprint density at radius 2 is 2.32 bits per heavy atom. The lowest BCUT2D eigenvalue weighted by Crippen LogP contribution is -2.37. The average molecular weight is 265 g/mol. The van der Waals surface area contributed by atoms with Crippen molar-refractivity contribution in [2.75, 3.05) is 20.2 Å². The van der Waals surface area contributed by atoms with Crippen LogP contribution in [0.25, 0.3) is 0 Å². The van der Waals surface area contributed by atoms with Crippen LogP contribution in [-0.2, 0) is 6.42 Å². The van der Waals surface area contributed by atoms with Gasteiger partial charge in [-0.15, -0.1) is 0 Å². The van der Waals surface area contributed by atoms with Gasteiger partial charge in [0.15, 0.2) is 11.5 Å². The summed E-state index contributed by atoms with van der Waals surface area (Å²) >= 11 is 0. The molecular weight excluding hydrogens is 242 g/mol. The summed E-state index contributed by atoms with van der Waals surface area (Å²) in [5.41, 5.74) is 0.985. The van der Waals surface area contributed by atoms with E-state index in [0.717, 1.165) is 43.0 Å². The molecule has 1 fully saturated rings. The highest BCUT2D eigenvalue weighted by molar-refractivity contribution is 5.47. The Hall–Kier alpha value is -1.26. The van der Waals surface area contributed by atoms with Gasteiger partial charge in [0.2, 0.25) is 0 Å². The molecule has 2 rings (SSSR count). The maximum atomic E-state index is 9.53. The lowest BCUT2D eigenvalue weighted by Gasteiger charge is -2.25. The SMILES string of the molecule is COc1c(CC(C)O)cccc1OC1CCCNC1. The Labute approximate surface area is 114 Å².